The molecule has 0 amide bonds. The van der Waals surface area contributed by atoms with Crippen molar-refractivity contribution in [3.63, 3.8) is 0 Å². The summed E-state index contributed by atoms with van der Waals surface area (Å²) in [6, 6.07) is 0. The summed E-state index contributed by atoms with van der Waals surface area (Å²) in [4.78, 5) is 8.82. The maximum atomic E-state index is 9.37. The summed E-state index contributed by atoms with van der Waals surface area (Å²) < 4.78 is 0. The van der Waals surface area contributed by atoms with Crippen LogP contribution in [0.15, 0.2) is 0 Å². The summed E-state index contributed by atoms with van der Waals surface area (Å²) in [5, 5.41) is 21.2. The minimum atomic E-state index is -0.832. The zero-order valence-corrected chi connectivity index (χ0v) is 11.9. The molecule has 1 rings (SSSR count). The molecule has 0 spiro atoms. The highest BCUT2D eigenvalue weighted by Crippen LogP contribution is 2.25. The molecule has 1 heterocycles. The number of anilines is 2. The number of aromatic nitrogens is 2. The van der Waals surface area contributed by atoms with E-state index in [-0.39, 0.29) is 18.6 Å². The van der Waals surface area contributed by atoms with Crippen LogP contribution in [0.3, 0.4) is 0 Å². The monoisotopic (exact) mass is 269 g/mol. The van der Waals surface area contributed by atoms with Crippen LogP contribution in [0.5, 0.6) is 0 Å². The fourth-order valence-corrected chi connectivity index (χ4v) is 1.44. The van der Waals surface area contributed by atoms with Gasteiger partial charge in [-0.05, 0) is 6.92 Å². The number of aliphatic hydroxyl groups excluding tert-OH is 2. The number of nitrogens with one attached hydrogen (secondary N) is 2. The zero-order valence-electron chi connectivity index (χ0n) is 11.9. The van der Waals surface area contributed by atoms with Gasteiger partial charge in [-0.15, -0.1) is 0 Å². The van der Waals surface area contributed by atoms with E-state index in [4.69, 9.17) is 10.9 Å². The van der Waals surface area contributed by atoms with Gasteiger partial charge in [-0.1, -0.05) is 20.8 Å². The normalized spacial score (nSPS) is 13.2. The number of nitrogen functional groups attached to an aromatic ring is 1. The molecule has 7 heteroatoms. The predicted octanol–water partition coefficient (Wildman–Crippen LogP) is 0.133. The third-order valence-electron chi connectivity index (χ3n) is 2.67. The highest BCUT2D eigenvalue weighted by molar-refractivity contribution is 5.57. The first-order chi connectivity index (χ1) is 8.79. The fourth-order valence-electron chi connectivity index (χ4n) is 1.44. The molecule has 1 aromatic heterocycles. The average Bonchev–Trinajstić information content (AvgIpc) is 2.35. The first-order valence-electron chi connectivity index (χ1n) is 6.18. The Morgan fingerprint density at radius 3 is 2.32 bits per heavy atom. The molecule has 0 aromatic carbocycles. The molecule has 0 fully saturated rings. The second-order valence-corrected chi connectivity index (χ2v) is 5.48. The third-order valence-corrected chi connectivity index (χ3v) is 2.67. The van der Waals surface area contributed by atoms with Crippen molar-refractivity contribution in [2.45, 2.75) is 39.2 Å². The van der Waals surface area contributed by atoms with E-state index in [1.165, 1.54) is 0 Å². The zero-order chi connectivity index (χ0) is 14.6. The van der Waals surface area contributed by atoms with Crippen molar-refractivity contribution in [2.75, 3.05) is 23.9 Å². The van der Waals surface area contributed by atoms with Gasteiger partial charge in [0.15, 0.2) is 0 Å². The van der Waals surface area contributed by atoms with E-state index in [2.05, 4.69) is 20.7 Å². The Kier molecular flexibility index (Phi) is 5.04. The Balaban J connectivity index is 3.08. The van der Waals surface area contributed by atoms with E-state index >= 15 is 0 Å². The summed E-state index contributed by atoms with van der Waals surface area (Å²) in [6.07, 6.45) is -0.832. The second-order valence-electron chi connectivity index (χ2n) is 5.48. The fraction of sp³-hybridized carbons (Fsp3) is 0.667. The minimum Gasteiger partial charge on any atom is -0.394 e. The van der Waals surface area contributed by atoms with E-state index in [9.17, 15) is 5.11 Å². The van der Waals surface area contributed by atoms with Crippen molar-refractivity contribution in [1.29, 1.82) is 0 Å². The smallest absolute Gasteiger partial charge is 0.148 e. The predicted molar refractivity (Wildman–Crippen MR) is 74.9 cm³/mol. The van der Waals surface area contributed by atoms with Gasteiger partial charge in [-0.25, -0.2) is 15.8 Å². The summed E-state index contributed by atoms with van der Waals surface area (Å²) in [5.74, 6) is 7.24. The lowest BCUT2D eigenvalue weighted by atomic mass is 9.95. The van der Waals surface area contributed by atoms with Crippen LogP contribution >= 0.6 is 0 Å². The molecule has 0 bridgehead atoms. The summed E-state index contributed by atoms with van der Waals surface area (Å²) in [5.41, 5.74) is 3.09. The van der Waals surface area contributed by atoms with E-state index in [1.54, 1.807) is 0 Å². The minimum absolute atomic E-state index is 0.210. The first kappa shape index (κ1) is 15.6. The van der Waals surface area contributed by atoms with E-state index in [0.29, 0.717) is 17.5 Å². The van der Waals surface area contributed by atoms with Gasteiger partial charge < -0.3 is 21.0 Å². The molecule has 0 saturated carbocycles. The third kappa shape index (κ3) is 4.02. The summed E-state index contributed by atoms with van der Waals surface area (Å²) in [6.45, 7) is 7.75. The van der Waals surface area contributed by atoms with Gasteiger partial charge in [-0.3, -0.25) is 0 Å². The van der Waals surface area contributed by atoms with Crippen molar-refractivity contribution in [3.05, 3.63) is 11.4 Å². The Bertz CT molecular complexity index is 431. The number of hydrazine groups is 1. The Morgan fingerprint density at radius 1 is 1.26 bits per heavy atom. The van der Waals surface area contributed by atoms with Crippen LogP contribution in [0, 0.1) is 6.92 Å². The van der Waals surface area contributed by atoms with Gasteiger partial charge in [0.1, 0.15) is 17.5 Å². The lowest BCUT2D eigenvalue weighted by Crippen LogP contribution is -2.26. The average molecular weight is 269 g/mol. The number of hydrogen-bond donors (Lipinski definition) is 5. The molecule has 0 radical (unpaired) electrons. The molecule has 1 atom stereocenters. The van der Waals surface area contributed by atoms with Crippen molar-refractivity contribution >= 4 is 11.6 Å². The largest absolute Gasteiger partial charge is 0.394 e. The Morgan fingerprint density at radius 2 is 1.84 bits per heavy atom. The number of rotatable bonds is 5. The van der Waals surface area contributed by atoms with Crippen molar-refractivity contribution in [1.82, 2.24) is 9.97 Å². The van der Waals surface area contributed by atoms with Gasteiger partial charge in [0, 0.05) is 17.5 Å². The molecular weight excluding hydrogens is 246 g/mol. The lowest BCUT2D eigenvalue weighted by molar-refractivity contribution is 0.105. The molecule has 0 aliphatic heterocycles. The van der Waals surface area contributed by atoms with Crippen LogP contribution in [0.1, 0.15) is 32.2 Å². The van der Waals surface area contributed by atoms with Crippen molar-refractivity contribution in [2.24, 2.45) is 5.84 Å². The van der Waals surface area contributed by atoms with E-state index in [1.807, 2.05) is 27.7 Å². The molecule has 19 heavy (non-hydrogen) atoms. The molecule has 0 saturated heterocycles. The van der Waals surface area contributed by atoms with Crippen LogP contribution < -0.4 is 16.6 Å². The quantitative estimate of drug-likeness (QED) is 0.381. The second kappa shape index (κ2) is 6.14. The van der Waals surface area contributed by atoms with E-state index < -0.39 is 6.10 Å². The molecule has 6 N–H and O–H groups in total. The van der Waals surface area contributed by atoms with Crippen LogP contribution in [0.4, 0.5) is 11.6 Å². The van der Waals surface area contributed by atoms with Crippen LogP contribution in [-0.2, 0) is 5.41 Å². The molecular formula is C12H23N5O2. The maximum absolute atomic E-state index is 9.37. The van der Waals surface area contributed by atoms with Crippen LogP contribution in [0.25, 0.3) is 0 Å². The standard InChI is InChI=1S/C12H23N5O2/c1-7-9(14-5-8(19)6-18)15-11(12(2,3)4)16-10(7)17-13/h8,18-19H,5-6,13H2,1-4H3,(H2,14,15,16,17). The lowest BCUT2D eigenvalue weighted by Gasteiger charge is -2.21. The van der Waals surface area contributed by atoms with Gasteiger partial charge in [0.25, 0.3) is 0 Å². The number of nitrogens with zero attached hydrogens (tertiary/aromatic N) is 2. The van der Waals surface area contributed by atoms with Gasteiger partial charge in [-0.2, -0.15) is 0 Å². The summed E-state index contributed by atoms with van der Waals surface area (Å²) in [7, 11) is 0. The van der Waals surface area contributed by atoms with Crippen LogP contribution in [0.2, 0.25) is 0 Å². The van der Waals surface area contributed by atoms with Gasteiger partial charge >= 0.3 is 0 Å². The maximum Gasteiger partial charge on any atom is 0.148 e. The number of hydrogen-bond acceptors (Lipinski definition) is 7. The highest BCUT2D eigenvalue weighted by atomic mass is 16.3. The van der Waals surface area contributed by atoms with E-state index in [0.717, 1.165) is 5.56 Å². The summed E-state index contributed by atoms with van der Waals surface area (Å²) >= 11 is 0. The topological polar surface area (TPSA) is 116 Å². The van der Waals surface area contributed by atoms with Gasteiger partial charge in [0.2, 0.25) is 0 Å². The number of aliphatic hydroxyl groups is 2. The highest BCUT2D eigenvalue weighted by Gasteiger charge is 2.21. The van der Waals surface area contributed by atoms with Crippen molar-refractivity contribution in [3.8, 4) is 0 Å². The Hall–Kier alpha value is -1.44. The SMILES string of the molecule is Cc1c(NN)nc(C(C)(C)C)nc1NCC(O)CO. The molecule has 0 aliphatic rings. The molecule has 108 valence electrons. The Labute approximate surface area is 113 Å². The molecule has 0 aliphatic carbocycles. The number of nitrogens with two attached hydrogens (primary N) is 1. The van der Waals surface area contributed by atoms with Crippen molar-refractivity contribution < 1.29 is 10.2 Å². The van der Waals surface area contributed by atoms with Crippen LogP contribution in [-0.4, -0.2) is 39.4 Å². The molecule has 7 nitrogen and oxygen atoms in total. The molecule has 1 unspecified atom stereocenters. The molecule has 1 aromatic rings. The van der Waals surface area contributed by atoms with Gasteiger partial charge in [0.05, 0.1) is 12.7 Å². The first-order valence-corrected chi connectivity index (χ1v) is 6.18.